The summed E-state index contributed by atoms with van der Waals surface area (Å²) in [5.41, 5.74) is 1.10. The van der Waals surface area contributed by atoms with Crippen molar-refractivity contribution in [2.75, 3.05) is 32.7 Å². The summed E-state index contributed by atoms with van der Waals surface area (Å²) in [6.07, 6.45) is 0.609. The lowest BCUT2D eigenvalue weighted by Gasteiger charge is -2.34. The van der Waals surface area contributed by atoms with E-state index in [0.717, 1.165) is 31.7 Å². The van der Waals surface area contributed by atoms with E-state index in [1.54, 1.807) is 0 Å². The molecule has 1 N–H and O–H groups in total. The SMILES string of the molecule is CC(C)CC(=O)N1CCN(CC(=O)NCc2ccccc2)CC1. The van der Waals surface area contributed by atoms with Crippen molar-refractivity contribution in [2.24, 2.45) is 5.92 Å². The van der Waals surface area contributed by atoms with Crippen molar-refractivity contribution in [3.8, 4) is 0 Å². The maximum absolute atomic E-state index is 12.0. The molecule has 1 saturated heterocycles. The van der Waals surface area contributed by atoms with Crippen LogP contribution in [0.1, 0.15) is 25.8 Å². The van der Waals surface area contributed by atoms with Gasteiger partial charge in [-0.05, 0) is 11.5 Å². The van der Waals surface area contributed by atoms with Crippen LogP contribution in [0.25, 0.3) is 0 Å². The van der Waals surface area contributed by atoms with Crippen LogP contribution in [0.5, 0.6) is 0 Å². The van der Waals surface area contributed by atoms with Crippen LogP contribution in [0.3, 0.4) is 0 Å². The van der Waals surface area contributed by atoms with Crippen molar-refractivity contribution in [2.45, 2.75) is 26.8 Å². The average Bonchev–Trinajstić information content (AvgIpc) is 2.54. The fourth-order valence-electron chi connectivity index (χ4n) is 2.69. The molecule has 23 heavy (non-hydrogen) atoms. The zero-order valence-electron chi connectivity index (χ0n) is 14.1. The van der Waals surface area contributed by atoms with Crippen LogP contribution >= 0.6 is 0 Å². The van der Waals surface area contributed by atoms with Gasteiger partial charge in [0, 0.05) is 39.1 Å². The zero-order valence-corrected chi connectivity index (χ0v) is 14.1. The molecule has 0 unspecified atom stereocenters. The van der Waals surface area contributed by atoms with Crippen LogP contribution in [0.2, 0.25) is 0 Å². The lowest BCUT2D eigenvalue weighted by molar-refractivity contribution is -0.134. The normalized spacial score (nSPS) is 15.7. The van der Waals surface area contributed by atoms with E-state index in [1.165, 1.54) is 0 Å². The molecule has 1 fully saturated rings. The second kappa shape index (κ2) is 8.67. The summed E-state index contributed by atoms with van der Waals surface area (Å²) >= 11 is 0. The molecular weight excluding hydrogens is 290 g/mol. The molecule has 2 rings (SSSR count). The molecule has 126 valence electrons. The van der Waals surface area contributed by atoms with Gasteiger partial charge in [0.2, 0.25) is 11.8 Å². The lowest BCUT2D eigenvalue weighted by atomic mass is 10.1. The Labute approximate surface area is 138 Å². The Kier molecular flexibility index (Phi) is 6.59. The van der Waals surface area contributed by atoms with E-state index in [9.17, 15) is 9.59 Å². The molecule has 2 amide bonds. The molecule has 0 bridgehead atoms. The smallest absolute Gasteiger partial charge is 0.234 e. The van der Waals surface area contributed by atoms with E-state index in [0.29, 0.717) is 25.4 Å². The van der Waals surface area contributed by atoms with E-state index in [1.807, 2.05) is 35.2 Å². The maximum atomic E-state index is 12.0. The predicted octanol–water partition coefficient (Wildman–Crippen LogP) is 1.49. The van der Waals surface area contributed by atoms with Crippen molar-refractivity contribution in [3.05, 3.63) is 35.9 Å². The van der Waals surface area contributed by atoms with Gasteiger partial charge in [-0.1, -0.05) is 44.2 Å². The molecule has 1 aliphatic rings. The van der Waals surface area contributed by atoms with E-state index in [4.69, 9.17) is 0 Å². The highest BCUT2D eigenvalue weighted by molar-refractivity contribution is 5.78. The monoisotopic (exact) mass is 317 g/mol. The molecule has 5 heteroatoms. The van der Waals surface area contributed by atoms with Crippen molar-refractivity contribution in [1.29, 1.82) is 0 Å². The fourth-order valence-corrected chi connectivity index (χ4v) is 2.69. The first-order chi connectivity index (χ1) is 11.0. The van der Waals surface area contributed by atoms with Crippen LogP contribution in [0.15, 0.2) is 30.3 Å². The Hall–Kier alpha value is -1.88. The van der Waals surface area contributed by atoms with Crippen LogP contribution in [-0.2, 0) is 16.1 Å². The van der Waals surface area contributed by atoms with Crippen LogP contribution < -0.4 is 5.32 Å². The highest BCUT2D eigenvalue weighted by Crippen LogP contribution is 2.08. The Balaban J connectivity index is 1.67. The molecule has 1 heterocycles. The van der Waals surface area contributed by atoms with Gasteiger partial charge in [0.25, 0.3) is 0 Å². The third-order valence-corrected chi connectivity index (χ3v) is 4.01. The molecule has 0 aromatic heterocycles. The first kappa shape index (κ1) is 17.5. The molecule has 0 spiro atoms. The molecule has 0 radical (unpaired) electrons. The molecule has 1 aliphatic heterocycles. The topological polar surface area (TPSA) is 52.7 Å². The van der Waals surface area contributed by atoms with Gasteiger partial charge in [0.15, 0.2) is 0 Å². The molecule has 5 nitrogen and oxygen atoms in total. The van der Waals surface area contributed by atoms with Gasteiger partial charge in [0.1, 0.15) is 0 Å². The lowest BCUT2D eigenvalue weighted by Crippen LogP contribution is -2.51. The number of piperazine rings is 1. The third kappa shape index (κ3) is 6.02. The van der Waals surface area contributed by atoms with Gasteiger partial charge in [0.05, 0.1) is 6.54 Å². The Bertz CT molecular complexity index is 508. The molecule has 1 aromatic carbocycles. The minimum Gasteiger partial charge on any atom is -0.351 e. The summed E-state index contributed by atoms with van der Waals surface area (Å²) < 4.78 is 0. The van der Waals surface area contributed by atoms with Gasteiger partial charge >= 0.3 is 0 Å². The number of carbonyl (C=O) groups excluding carboxylic acids is 2. The van der Waals surface area contributed by atoms with Gasteiger partial charge in [-0.15, -0.1) is 0 Å². The predicted molar refractivity (Wildman–Crippen MR) is 90.8 cm³/mol. The minimum absolute atomic E-state index is 0.0378. The Morgan fingerprint density at radius 2 is 1.74 bits per heavy atom. The standard InChI is InChI=1S/C18H27N3O2/c1-15(2)12-18(23)21-10-8-20(9-11-21)14-17(22)19-13-16-6-4-3-5-7-16/h3-7,15H,8-14H2,1-2H3,(H,19,22). The summed E-state index contributed by atoms with van der Waals surface area (Å²) in [6, 6.07) is 9.90. The third-order valence-electron chi connectivity index (χ3n) is 4.01. The molecule has 0 saturated carbocycles. The molecule has 0 aliphatic carbocycles. The number of benzene rings is 1. The number of rotatable bonds is 6. The molecule has 1 aromatic rings. The van der Waals surface area contributed by atoms with Crippen LogP contribution in [0.4, 0.5) is 0 Å². The summed E-state index contributed by atoms with van der Waals surface area (Å²) in [7, 11) is 0. The van der Waals surface area contributed by atoms with Crippen molar-refractivity contribution in [3.63, 3.8) is 0 Å². The van der Waals surface area contributed by atoms with Gasteiger partial charge in [-0.2, -0.15) is 0 Å². The summed E-state index contributed by atoms with van der Waals surface area (Å²) in [4.78, 5) is 28.1. The van der Waals surface area contributed by atoms with Crippen molar-refractivity contribution >= 4 is 11.8 Å². The van der Waals surface area contributed by atoms with Gasteiger partial charge in [-0.3, -0.25) is 14.5 Å². The summed E-state index contributed by atoms with van der Waals surface area (Å²) in [5, 5.41) is 2.95. The summed E-state index contributed by atoms with van der Waals surface area (Å²) in [5.74, 6) is 0.660. The Morgan fingerprint density at radius 1 is 1.09 bits per heavy atom. The largest absolute Gasteiger partial charge is 0.351 e. The highest BCUT2D eigenvalue weighted by Gasteiger charge is 2.22. The van der Waals surface area contributed by atoms with E-state index in [-0.39, 0.29) is 11.8 Å². The first-order valence-corrected chi connectivity index (χ1v) is 8.35. The van der Waals surface area contributed by atoms with Gasteiger partial charge in [-0.25, -0.2) is 0 Å². The number of nitrogens with zero attached hydrogens (tertiary/aromatic N) is 2. The first-order valence-electron chi connectivity index (χ1n) is 8.35. The second-order valence-electron chi connectivity index (χ2n) is 6.52. The minimum atomic E-state index is 0.0378. The average molecular weight is 317 g/mol. The number of hydrogen-bond donors (Lipinski definition) is 1. The summed E-state index contributed by atoms with van der Waals surface area (Å²) in [6.45, 7) is 8.06. The zero-order chi connectivity index (χ0) is 16.7. The van der Waals surface area contributed by atoms with E-state index < -0.39 is 0 Å². The number of amides is 2. The quantitative estimate of drug-likeness (QED) is 0.865. The van der Waals surface area contributed by atoms with Crippen molar-refractivity contribution in [1.82, 2.24) is 15.1 Å². The molecule has 0 atom stereocenters. The number of nitrogens with one attached hydrogen (secondary N) is 1. The van der Waals surface area contributed by atoms with E-state index in [2.05, 4.69) is 24.1 Å². The van der Waals surface area contributed by atoms with Gasteiger partial charge < -0.3 is 10.2 Å². The van der Waals surface area contributed by atoms with Crippen LogP contribution in [-0.4, -0.2) is 54.3 Å². The van der Waals surface area contributed by atoms with Crippen LogP contribution in [0, 0.1) is 5.92 Å². The van der Waals surface area contributed by atoms with Crippen molar-refractivity contribution < 1.29 is 9.59 Å². The maximum Gasteiger partial charge on any atom is 0.234 e. The number of carbonyl (C=O) groups is 2. The second-order valence-corrected chi connectivity index (χ2v) is 6.52. The number of hydrogen-bond acceptors (Lipinski definition) is 3. The Morgan fingerprint density at radius 3 is 2.35 bits per heavy atom. The fraction of sp³-hybridized carbons (Fsp3) is 0.556. The molecular formula is C18H27N3O2. The van der Waals surface area contributed by atoms with E-state index >= 15 is 0 Å². The highest BCUT2D eigenvalue weighted by atomic mass is 16.2.